The quantitative estimate of drug-likeness (QED) is 0.165. The zero-order chi connectivity index (χ0) is 34.4. The van der Waals surface area contributed by atoms with Crippen molar-refractivity contribution in [3.05, 3.63) is 200 Å². The van der Waals surface area contributed by atoms with Gasteiger partial charge in [-0.3, -0.25) is 0 Å². The topological polar surface area (TPSA) is 16.4 Å². The molecular weight excluding hydrogens is 631 g/mol. The normalized spacial score (nSPS) is 11.5. The molecule has 244 valence electrons. The summed E-state index contributed by atoms with van der Waals surface area (Å²) in [6.07, 6.45) is 0. The van der Waals surface area contributed by atoms with E-state index in [2.05, 4.69) is 193 Å². The third-order valence-corrected chi connectivity index (χ3v) is 10.2. The van der Waals surface area contributed by atoms with Gasteiger partial charge in [0.15, 0.2) is 0 Å². The molecule has 0 atom stereocenters. The van der Waals surface area contributed by atoms with Gasteiger partial charge in [0, 0.05) is 27.8 Å². The van der Waals surface area contributed by atoms with Crippen LogP contribution in [0.15, 0.2) is 205 Å². The number of nitrogens with zero attached hydrogens (tertiary/aromatic N) is 1. The molecule has 0 radical (unpaired) electrons. The Bertz CT molecular complexity index is 2890. The lowest BCUT2D eigenvalue weighted by Gasteiger charge is -2.27. The summed E-state index contributed by atoms with van der Waals surface area (Å²) in [5, 5.41) is 7.14. The van der Waals surface area contributed by atoms with E-state index < -0.39 is 0 Å². The summed E-state index contributed by atoms with van der Waals surface area (Å²) in [5.74, 6) is 0. The zero-order valence-corrected chi connectivity index (χ0v) is 28.4. The van der Waals surface area contributed by atoms with Crippen LogP contribution >= 0.6 is 0 Å². The maximum Gasteiger partial charge on any atom is 0.135 e. The summed E-state index contributed by atoms with van der Waals surface area (Å²) in [5.41, 5.74) is 12.2. The monoisotopic (exact) mass is 663 g/mol. The summed E-state index contributed by atoms with van der Waals surface area (Å²) in [6.45, 7) is 0. The van der Waals surface area contributed by atoms with E-state index in [0.29, 0.717) is 0 Å². The van der Waals surface area contributed by atoms with Gasteiger partial charge in [-0.25, -0.2) is 0 Å². The maximum atomic E-state index is 6.28. The number of hydrogen-bond donors (Lipinski definition) is 0. The summed E-state index contributed by atoms with van der Waals surface area (Å²) in [4.78, 5) is 2.39. The van der Waals surface area contributed by atoms with Crippen LogP contribution in [0.2, 0.25) is 0 Å². The molecule has 0 amide bonds. The molecule has 52 heavy (non-hydrogen) atoms. The first-order chi connectivity index (χ1) is 25.8. The number of benzene rings is 9. The third kappa shape index (κ3) is 5.04. The van der Waals surface area contributed by atoms with Crippen LogP contribution in [0, 0.1) is 0 Å². The second-order valence-corrected chi connectivity index (χ2v) is 13.3. The Labute approximate surface area is 302 Å². The molecule has 1 aromatic heterocycles. The predicted molar refractivity (Wildman–Crippen MR) is 220 cm³/mol. The standard InChI is InChI=1S/C50H33NO/c1-4-15-34(16-5-1)37-21-14-22-38(31-37)51(40-28-30-48-45(32-40)43-24-12-13-26-47(43)52-48)39-27-29-42-41-23-10-11-25-44(41)49(35-17-6-2-7-18-35)50(46(42)33-39)36-19-8-3-9-20-36/h1-33H. The second-order valence-electron chi connectivity index (χ2n) is 13.3. The minimum atomic E-state index is 0.881. The predicted octanol–water partition coefficient (Wildman–Crippen LogP) is 14.4. The van der Waals surface area contributed by atoms with Crippen LogP contribution in [-0.4, -0.2) is 0 Å². The van der Waals surface area contributed by atoms with Gasteiger partial charge in [0.2, 0.25) is 0 Å². The number of hydrogen-bond acceptors (Lipinski definition) is 2. The minimum Gasteiger partial charge on any atom is -0.456 e. The Balaban J connectivity index is 1.28. The van der Waals surface area contributed by atoms with Crippen molar-refractivity contribution in [3.63, 3.8) is 0 Å². The van der Waals surface area contributed by atoms with E-state index in [1.807, 2.05) is 12.1 Å². The van der Waals surface area contributed by atoms with E-state index in [1.165, 1.54) is 54.9 Å². The lowest BCUT2D eigenvalue weighted by atomic mass is 9.85. The summed E-state index contributed by atoms with van der Waals surface area (Å²) < 4.78 is 6.28. The highest BCUT2D eigenvalue weighted by atomic mass is 16.3. The molecule has 10 rings (SSSR count). The van der Waals surface area contributed by atoms with Gasteiger partial charge < -0.3 is 9.32 Å². The Hall–Kier alpha value is -6.90. The highest BCUT2D eigenvalue weighted by Crippen LogP contribution is 2.47. The molecule has 10 aromatic rings. The fourth-order valence-corrected chi connectivity index (χ4v) is 7.88. The second kappa shape index (κ2) is 12.5. The van der Waals surface area contributed by atoms with Gasteiger partial charge in [0.25, 0.3) is 0 Å². The Morgan fingerprint density at radius 2 is 0.750 bits per heavy atom. The molecule has 0 aliphatic carbocycles. The van der Waals surface area contributed by atoms with E-state index in [-0.39, 0.29) is 0 Å². The highest BCUT2D eigenvalue weighted by Gasteiger charge is 2.21. The first-order valence-electron chi connectivity index (χ1n) is 17.8. The summed E-state index contributed by atoms with van der Waals surface area (Å²) in [6, 6.07) is 71.8. The number of anilines is 3. The molecule has 0 bridgehead atoms. The molecule has 2 nitrogen and oxygen atoms in total. The number of furan rings is 1. The number of fused-ring (bicyclic) bond motifs is 6. The smallest absolute Gasteiger partial charge is 0.135 e. The molecular formula is C50H33NO. The first kappa shape index (κ1) is 30.0. The van der Waals surface area contributed by atoms with Gasteiger partial charge in [-0.2, -0.15) is 0 Å². The lowest BCUT2D eigenvalue weighted by Crippen LogP contribution is -2.10. The third-order valence-electron chi connectivity index (χ3n) is 10.2. The summed E-state index contributed by atoms with van der Waals surface area (Å²) in [7, 11) is 0. The molecule has 0 N–H and O–H groups in total. The van der Waals surface area contributed by atoms with E-state index in [4.69, 9.17) is 4.42 Å². The number of rotatable bonds is 6. The van der Waals surface area contributed by atoms with Crippen LogP contribution < -0.4 is 4.90 Å². The van der Waals surface area contributed by atoms with Crippen molar-refractivity contribution >= 4 is 60.5 Å². The van der Waals surface area contributed by atoms with Crippen molar-refractivity contribution in [1.29, 1.82) is 0 Å². The van der Waals surface area contributed by atoms with E-state index in [1.54, 1.807) is 0 Å². The molecule has 0 saturated carbocycles. The molecule has 9 aromatic carbocycles. The van der Waals surface area contributed by atoms with Crippen LogP contribution in [0.25, 0.3) is 76.9 Å². The van der Waals surface area contributed by atoms with Crippen LogP contribution in [0.1, 0.15) is 0 Å². The Morgan fingerprint density at radius 3 is 1.46 bits per heavy atom. The van der Waals surface area contributed by atoms with E-state index in [0.717, 1.165) is 39.0 Å². The molecule has 0 unspecified atom stereocenters. The molecule has 0 spiro atoms. The maximum absolute atomic E-state index is 6.28. The van der Waals surface area contributed by atoms with Crippen molar-refractivity contribution in [2.75, 3.05) is 4.90 Å². The van der Waals surface area contributed by atoms with Crippen LogP contribution in [0.5, 0.6) is 0 Å². The fraction of sp³-hybridized carbons (Fsp3) is 0. The SMILES string of the molecule is c1ccc(-c2cccc(N(c3ccc4c(c3)c(-c3ccccc3)c(-c3ccccc3)c3ccccc34)c3ccc4oc5ccccc5c4c3)c2)cc1. The van der Waals surface area contributed by atoms with Gasteiger partial charge in [-0.05, 0) is 103 Å². The van der Waals surface area contributed by atoms with E-state index in [9.17, 15) is 0 Å². The Kier molecular flexibility index (Phi) is 7.18. The zero-order valence-electron chi connectivity index (χ0n) is 28.4. The largest absolute Gasteiger partial charge is 0.456 e. The molecule has 2 heteroatoms. The molecule has 0 aliphatic rings. The molecule has 0 saturated heterocycles. The summed E-state index contributed by atoms with van der Waals surface area (Å²) >= 11 is 0. The van der Waals surface area contributed by atoms with Gasteiger partial charge >= 0.3 is 0 Å². The fourth-order valence-electron chi connectivity index (χ4n) is 7.88. The van der Waals surface area contributed by atoms with Gasteiger partial charge in [-0.1, -0.05) is 152 Å². The molecule has 0 aliphatic heterocycles. The average molecular weight is 664 g/mol. The van der Waals surface area contributed by atoms with Gasteiger partial charge in [0.1, 0.15) is 11.2 Å². The number of para-hydroxylation sites is 1. The average Bonchev–Trinajstić information content (AvgIpc) is 3.59. The Morgan fingerprint density at radius 1 is 0.269 bits per heavy atom. The van der Waals surface area contributed by atoms with Crippen LogP contribution in [0.4, 0.5) is 17.1 Å². The van der Waals surface area contributed by atoms with Crippen molar-refractivity contribution in [1.82, 2.24) is 0 Å². The van der Waals surface area contributed by atoms with Crippen molar-refractivity contribution in [2.45, 2.75) is 0 Å². The molecule has 1 heterocycles. The highest BCUT2D eigenvalue weighted by molar-refractivity contribution is 6.22. The van der Waals surface area contributed by atoms with Crippen molar-refractivity contribution in [3.8, 4) is 33.4 Å². The van der Waals surface area contributed by atoms with Crippen LogP contribution in [-0.2, 0) is 0 Å². The van der Waals surface area contributed by atoms with E-state index >= 15 is 0 Å². The van der Waals surface area contributed by atoms with Gasteiger partial charge in [-0.15, -0.1) is 0 Å². The van der Waals surface area contributed by atoms with Crippen LogP contribution in [0.3, 0.4) is 0 Å². The minimum absolute atomic E-state index is 0.881. The first-order valence-corrected chi connectivity index (χ1v) is 17.8. The molecule has 0 fully saturated rings. The van der Waals surface area contributed by atoms with Gasteiger partial charge in [0.05, 0.1) is 0 Å². The lowest BCUT2D eigenvalue weighted by molar-refractivity contribution is 0.669. The van der Waals surface area contributed by atoms with Crippen molar-refractivity contribution in [2.24, 2.45) is 0 Å². The van der Waals surface area contributed by atoms with Crippen molar-refractivity contribution < 1.29 is 4.42 Å².